The number of imide groups is 1. The van der Waals surface area contributed by atoms with Gasteiger partial charge in [0, 0.05) is 12.1 Å². The van der Waals surface area contributed by atoms with Crippen molar-refractivity contribution >= 4 is 17.8 Å². The Labute approximate surface area is 137 Å². The number of benzene rings is 1. The third-order valence-corrected chi connectivity index (χ3v) is 4.05. The van der Waals surface area contributed by atoms with Crippen molar-refractivity contribution in [1.29, 1.82) is 0 Å². The van der Waals surface area contributed by atoms with Gasteiger partial charge in [0.1, 0.15) is 11.4 Å². The largest absolute Gasteiger partial charge is 0.367 e. The molecule has 2 aliphatic rings. The summed E-state index contributed by atoms with van der Waals surface area (Å²) in [4.78, 5) is 50.4. The minimum atomic E-state index is -0.800. The van der Waals surface area contributed by atoms with Crippen LogP contribution in [0.3, 0.4) is 0 Å². The van der Waals surface area contributed by atoms with Crippen LogP contribution in [0.4, 0.5) is 0 Å². The molecule has 0 N–H and O–H groups in total. The summed E-state index contributed by atoms with van der Waals surface area (Å²) in [6.45, 7) is 1.74. The van der Waals surface area contributed by atoms with Crippen molar-refractivity contribution in [2.45, 2.75) is 25.7 Å². The minimum Gasteiger partial charge on any atom is -0.324 e. The van der Waals surface area contributed by atoms with E-state index in [1.54, 1.807) is 19.1 Å². The highest BCUT2D eigenvalue weighted by Gasteiger charge is 2.40. The predicted octanol–water partition coefficient (Wildman–Crippen LogP) is 2.03. The van der Waals surface area contributed by atoms with Crippen LogP contribution in [0.5, 0.6) is 0 Å². The maximum atomic E-state index is 12.5. The Hall–Kier alpha value is -3.09. The highest BCUT2D eigenvalue weighted by atomic mass is 16.7. The van der Waals surface area contributed by atoms with Crippen LogP contribution in [0, 0.1) is 6.92 Å². The molecule has 4 rings (SSSR count). The Kier molecular flexibility index (Phi) is 3.16. The molecule has 0 atom stereocenters. The molecule has 2 amide bonds. The van der Waals surface area contributed by atoms with E-state index < -0.39 is 17.8 Å². The summed E-state index contributed by atoms with van der Waals surface area (Å²) in [5, 5.41) is 0.504. The number of fused-ring (bicyclic) bond motifs is 1. The van der Waals surface area contributed by atoms with E-state index in [9.17, 15) is 14.4 Å². The SMILES string of the molecule is Cc1ncc(C(=O)ON2C(=O)c3ccccc3C2=O)c(C2CC2)n1. The number of hydrogen-bond donors (Lipinski definition) is 0. The number of aromatic nitrogens is 2. The molecule has 0 saturated heterocycles. The van der Waals surface area contributed by atoms with Crippen LogP contribution in [0.1, 0.15) is 61.4 Å². The average molecular weight is 323 g/mol. The van der Waals surface area contributed by atoms with Gasteiger partial charge in [0.2, 0.25) is 0 Å². The van der Waals surface area contributed by atoms with Crippen LogP contribution in [-0.4, -0.2) is 32.8 Å². The number of hydroxylamine groups is 2. The molecule has 1 fully saturated rings. The fourth-order valence-corrected chi connectivity index (χ4v) is 2.69. The van der Waals surface area contributed by atoms with E-state index in [1.165, 1.54) is 18.3 Å². The smallest absolute Gasteiger partial charge is 0.324 e. The van der Waals surface area contributed by atoms with Gasteiger partial charge in [-0.05, 0) is 31.9 Å². The van der Waals surface area contributed by atoms with Gasteiger partial charge in [0.25, 0.3) is 11.8 Å². The van der Waals surface area contributed by atoms with Crippen LogP contribution in [0.2, 0.25) is 0 Å². The Morgan fingerprint density at radius 1 is 1.17 bits per heavy atom. The van der Waals surface area contributed by atoms with Crippen LogP contribution in [0.15, 0.2) is 30.5 Å². The zero-order chi connectivity index (χ0) is 16.8. The van der Waals surface area contributed by atoms with E-state index in [-0.39, 0.29) is 22.6 Å². The van der Waals surface area contributed by atoms with Gasteiger partial charge in [-0.1, -0.05) is 17.2 Å². The van der Waals surface area contributed by atoms with Gasteiger partial charge in [-0.15, -0.1) is 0 Å². The minimum absolute atomic E-state index is 0.194. The first-order valence-electron chi connectivity index (χ1n) is 7.60. The summed E-state index contributed by atoms with van der Waals surface area (Å²) in [5.41, 5.74) is 1.25. The monoisotopic (exact) mass is 323 g/mol. The first-order valence-corrected chi connectivity index (χ1v) is 7.60. The summed E-state index contributed by atoms with van der Waals surface area (Å²) in [6.07, 6.45) is 3.28. The fraction of sp³-hybridized carbons (Fsp3) is 0.235. The lowest BCUT2D eigenvalue weighted by Gasteiger charge is -2.14. The zero-order valence-corrected chi connectivity index (χ0v) is 12.9. The molecule has 1 saturated carbocycles. The molecule has 1 aromatic carbocycles. The Morgan fingerprint density at radius 3 is 2.38 bits per heavy atom. The standard InChI is InChI=1S/C17H13N3O4/c1-9-18-8-13(14(19-9)10-6-7-10)17(23)24-20-15(21)11-4-2-3-5-12(11)16(20)22/h2-5,8,10H,6-7H2,1H3. The molecular formula is C17H13N3O4. The second-order valence-electron chi connectivity index (χ2n) is 5.82. The van der Waals surface area contributed by atoms with Crippen molar-refractivity contribution in [2.24, 2.45) is 0 Å². The Balaban J connectivity index is 1.62. The second-order valence-corrected chi connectivity index (χ2v) is 5.82. The maximum absolute atomic E-state index is 12.5. The summed E-state index contributed by atoms with van der Waals surface area (Å²) in [6, 6.07) is 6.34. The molecule has 1 aliphatic carbocycles. The number of nitrogens with zero attached hydrogens (tertiary/aromatic N) is 3. The van der Waals surface area contributed by atoms with Gasteiger partial charge in [0.15, 0.2) is 0 Å². The zero-order valence-electron chi connectivity index (χ0n) is 12.9. The fourth-order valence-electron chi connectivity index (χ4n) is 2.69. The molecule has 0 bridgehead atoms. The van der Waals surface area contributed by atoms with Crippen molar-refractivity contribution < 1.29 is 19.2 Å². The van der Waals surface area contributed by atoms with Crippen LogP contribution >= 0.6 is 0 Å². The molecule has 1 aliphatic heterocycles. The topological polar surface area (TPSA) is 89.5 Å². The quantitative estimate of drug-likeness (QED) is 0.803. The lowest BCUT2D eigenvalue weighted by molar-refractivity contribution is -0.0586. The molecule has 0 spiro atoms. The molecule has 7 heteroatoms. The number of carbonyl (C=O) groups excluding carboxylic acids is 3. The molecule has 24 heavy (non-hydrogen) atoms. The van der Waals surface area contributed by atoms with E-state index >= 15 is 0 Å². The molecule has 0 unspecified atom stereocenters. The Bertz CT molecular complexity index is 854. The molecule has 120 valence electrons. The third-order valence-electron chi connectivity index (χ3n) is 4.05. The van der Waals surface area contributed by atoms with Crippen molar-refractivity contribution in [2.75, 3.05) is 0 Å². The molecule has 0 radical (unpaired) electrons. The summed E-state index contributed by atoms with van der Waals surface area (Å²) in [7, 11) is 0. The molecule has 2 aromatic rings. The van der Waals surface area contributed by atoms with Gasteiger partial charge in [-0.3, -0.25) is 9.59 Å². The van der Waals surface area contributed by atoms with Crippen LogP contribution in [0.25, 0.3) is 0 Å². The van der Waals surface area contributed by atoms with Crippen LogP contribution in [-0.2, 0) is 4.84 Å². The molecule has 1 aromatic heterocycles. The summed E-state index contributed by atoms with van der Waals surface area (Å²) < 4.78 is 0. The van der Waals surface area contributed by atoms with E-state index in [4.69, 9.17) is 4.84 Å². The van der Waals surface area contributed by atoms with E-state index in [0.717, 1.165) is 12.8 Å². The number of hydrogen-bond acceptors (Lipinski definition) is 6. The predicted molar refractivity (Wildman–Crippen MR) is 81.1 cm³/mol. The van der Waals surface area contributed by atoms with Crippen molar-refractivity contribution in [3.8, 4) is 0 Å². The van der Waals surface area contributed by atoms with Crippen LogP contribution < -0.4 is 0 Å². The van der Waals surface area contributed by atoms with Crippen molar-refractivity contribution in [1.82, 2.24) is 15.0 Å². The molecule has 2 heterocycles. The maximum Gasteiger partial charge on any atom is 0.367 e. The molecule has 7 nitrogen and oxygen atoms in total. The number of amides is 2. The summed E-state index contributed by atoms with van der Waals surface area (Å²) >= 11 is 0. The highest BCUT2D eigenvalue weighted by molar-refractivity contribution is 6.21. The Morgan fingerprint density at radius 2 is 1.79 bits per heavy atom. The highest BCUT2D eigenvalue weighted by Crippen LogP contribution is 2.40. The number of carbonyl (C=O) groups is 3. The number of aryl methyl sites for hydroxylation is 1. The second kappa shape index (κ2) is 5.23. The van der Waals surface area contributed by atoms with Crippen molar-refractivity contribution in [3.05, 3.63) is 58.7 Å². The lowest BCUT2D eigenvalue weighted by atomic mass is 10.1. The summed E-state index contributed by atoms with van der Waals surface area (Å²) in [5.74, 6) is -1.33. The average Bonchev–Trinajstić information content (AvgIpc) is 3.40. The number of rotatable bonds is 3. The van der Waals surface area contributed by atoms with Gasteiger partial charge in [-0.2, -0.15) is 0 Å². The first-order chi connectivity index (χ1) is 11.6. The molecular weight excluding hydrogens is 310 g/mol. The van der Waals surface area contributed by atoms with E-state index in [0.29, 0.717) is 16.6 Å². The van der Waals surface area contributed by atoms with Gasteiger partial charge < -0.3 is 4.84 Å². The van der Waals surface area contributed by atoms with E-state index in [2.05, 4.69) is 9.97 Å². The van der Waals surface area contributed by atoms with Gasteiger partial charge >= 0.3 is 5.97 Å². The third kappa shape index (κ3) is 2.25. The lowest BCUT2D eigenvalue weighted by Crippen LogP contribution is -2.33. The normalized spacial score (nSPS) is 16.3. The van der Waals surface area contributed by atoms with Gasteiger partial charge in [-0.25, -0.2) is 14.8 Å². The van der Waals surface area contributed by atoms with Crippen molar-refractivity contribution in [3.63, 3.8) is 0 Å². The first kappa shape index (κ1) is 14.5. The van der Waals surface area contributed by atoms with E-state index in [1.807, 2.05) is 0 Å². The van der Waals surface area contributed by atoms with Gasteiger partial charge in [0.05, 0.1) is 16.8 Å².